The molecule has 2 rings (SSSR count). The van der Waals surface area contributed by atoms with Crippen LogP contribution in [-0.4, -0.2) is 23.8 Å². The van der Waals surface area contributed by atoms with Crippen LogP contribution in [0, 0.1) is 6.92 Å². The second-order valence-electron chi connectivity index (χ2n) is 5.66. The zero-order valence-electron chi connectivity index (χ0n) is 14.0. The van der Waals surface area contributed by atoms with Gasteiger partial charge in [-0.2, -0.15) is 0 Å². The number of hydrogen-bond donors (Lipinski definition) is 2. The van der Waals surface area contributed by atoms with Gasteiger partial charge in [0.1, 0.15) is 0 Å². The average Bonchev–Trinajstić information content (AvgIpc) is 2.51. The molecule has 0 amide bonds. The third-order valence-electron chi connectivity index (χ3n) is 3.90. The Morgan fingerprint density at radius 1 is 1.32 bits per heavy atom. The van der Waals surface area contributed by atoms with Gasteiger partial charge in [-0.15, -0.1) is 0 Å². The molecule has 4 nitrogen and oxygen atoms in total. The van der Waals surface area contributed by atoms with Crippen molar-refractivity contribution in [2.75, 3.05) is 7.05 Å². The number of rotatable bonds is 6. The normalized spacial score (nSPS) is 19.4. The fraction of sp³-hybridized carbons (Fsp3) is 0.444. The van der Waals surface area contributed by atoms with Crippen molar-refractivity contribution in [1.82, 2.24) is 15.6 Å². The number of likely N-dealkylation sites (N-methyl/N-ethyl adjacent to an activating group) is 1. The fourth-order valence-electron chi connectivity index (χ4n) is 2.63. The molecular formula is C18H26N4. The maximum Gasteiger partial charge on any atom is 0.0554 e. The third kappa shape index (κ3) is 4.04. The number of nitrogens with one attached hydrogen (secondary N) is 2. The Labute approximate surface area is 133 Å². The highest BCUT2D eigenvalue weighted by atomic mass is 14.9. The van der Waals surface area contributed by atoms with Gasteiger partial charge in [0.15, 0.2) is 0 Å². The Morgan fingerprint density at radius 3 is 2.82 bits per heavy atom. The zero-order chi connectivity index (χ0) is 15.9. The van der Waals surface area contributed by atoms with Gasteiger partial charge in [-0.25, -0.2) is 0 Å². The quantitative estimate of drug-likeness (QED) is 0.849. The molecule has 1 aromatic rings. The lowest BCUT2D eigenvalue weighted by Gasteiger charge is -2.19. The highest BCUT2D eigenvalue weighted by Crippen LogP contribution is 2.12. The molecular weight excluding hydrogens is 272 g/mol. The van der Waals surface area contributed by atoms with E-state index in [0.717, 1.165) is 25.1 Å². The maximum absolute atomic E-state index is 4.57. The highest BCUT2D eigenvalue weighted by molar-refractivity contribution is 6.00. The van der Waals surface area contributed by atoms with Crippen LogP contribution >= 0.6 is 0 Å². The zero-order valence-corrected chi connectivity index (χ0v) is 14.0. The van der Waals surface area contributed by atoms with E-state index in [4.69, 9.17) is 0 Å². The summed E-state index contributed by atoms with van der Waals surface area (Å²) in [4.78, 5) is 8.93. The smallest absolute Gasteiger partial charge is 0.0554 e. The molecule has 22 heavy (non-hydrogen) atoms. The van der Waals surface area contributed by atoms with E-state index in [1.54, 1.807) is 0 Å². The van der Waals surface area contributed by atoms with E-state index < -0.39 is 0 Å². The molecule has 0 fully saturated rings. The van der Waals surface area contributed by atoms with Crippen molar-refractivity contribution < 1.29 is 0 Å². The molecule has 0 saturated carbocycles. The molecule has 0 spiro atoms. The molecule has 1 aliphatic rings. The van der Waals surface area contributed by atoms with Gasteiger partial charge in [-0.1, -0.05) is 19.4 Å². The summed E-state index contributed by atoms with van der Waals surface area (Å²) >= 11 is 0. The first-order chi connectivity index (χ1) is 10.7. The van der Waals surface area contributed by atoms with Crippen molar-refractivity contribution in [3.8, 4) is 0 Å². The van der Waals surface area contributed by atoms with Crippen molar-refractivity contribution in [2.45, 2.75) is 46.2 Å². The Bertz CT molecular complexity index is 599. The minimum Gasteiger partial charge on any atom is -0.386 e. The Kier molecular flexibility index (Phi) is 5.90. The van der Waals surface area contributed by atoms with Crippen LogP contribution in [0.2, 0.25) is 0 Å². The van der Waals surface area contributed by atoms with Crippen molar-refractivity contribution in [2.24, 2.45) is 4.99 Å². The molecule has 0 aliphatic carbocycles. The average molecular weight is 298 g/mol. The summed E-state index contributed by atoms with van der Waals surface area (Å²) in [5.74, 6) is 0. The lowest BCUT2D eigenvalue weighted by Crippen LogP contribution is -2.31. The van der Waals surface area contributed by atoms with E-state index in [9.17, 15) is 0 Å². The molecule has 1 aromatic heterocycles. The van der Waals surface area contributed by atoms with E-state index in [1.165, 1.54) is 22.4 Å². The number of aromatic nitrogens is 1. The van der Waals surface area contributed by atoms with Crippen LogP contribution in [0.4, 0.5) is 0 Å². The predicted molar refractivity (Wildman–Crippen MR) is 93.0 cm³/mol. The van der Waals surface area contributed by atoms with E-state index >= 15 is 0 Å². The lowest BCUT2D eigenvalue weighted by molar-refractivity contribution is 0.749. The van der Waals surface area contributed by atoms with E-state index in [2.05, 4.69) is 52.8 Å². The minimum absolute atomic E-state index is 0.219. The minimum atomic E-state index is 0.219. The summed E-state index contributed by atoms with van der Waals surface area (Å²) < 4.78 is 0. The summed E-state index contributed by atoms with van der Waals surface area (Å²) in [6.07, 6.45) is 10.1. The summed E-state index contributed by atoms with van der Waals surface area (Å²) in [6, 6.07) is 2.44. The Hall–Kier alpha value is -1.94. The summed E-state index contributed by atoms with van der Waals surface area (Å²) in [6.45, 7) is 7.13. The maximum atomic E-state index is 4.57. The molecule has 118 valence electrons. The lowest BCUT2D eigenvalue weighted by atomic mass is 10.0. The van der Waals surface area contributed by atoms with Gasteiger partial charge in [-0.05, 0) is 44.5 Å². The second kappa shape index (κ2) is 7.90. The second-order valence-corrected chi connectivity index (χ2v) is 5.66. The van der Waals surface area contributed by atoms with Crippen LogP contribution in [0.3, 0.4) is 0 Å². The SMILES string of the molecule is CCCc1ncc(CN/C=C2/C(C)=NC=CC2NC)cc1C. The van der Waals surface area contributed by atoms with Crippen molar-refractivity contribution in [3.05, 3.63) is 53.1 Å². The summed E-state index contributed by atoms with van der Waals surface area (Å²) in [5, 5.41) is 6.66. The molecule has 0 bridgehead atoms. The summed E-state index contributed by atoms with van der Waals surface area (Å²) in [5.41, 5.74) is 5.91. The van der Waals surface area contributed by atoms with Crippen molar-refractivity contribution in [3.63, 3.8) is 0 Å². The van der Waals surface area contributed by atoms with E-state index in [1.807, 2.05) is 26.4 Å². The number of aryl methyl sites for hydroxylation is 2. The first kappa shape index (κ1) is 16.4. The Balaban J connectivity index is 2.01. The van der Waals surface area contributed by atoms with Crippen LogP contribution in [0.1, 0.15) is 37.1 Å². The molecule has 0 saturated heterocycles. The molecule has 2 N–H and O–H groups in total. The number of hydrogen-bond acceptors (Lipinski definition) is 4. The number of aliphatic imine (C=N–C) groups is 1. The monoisotopic (exact) mass is 298 g/mol. The van der Waals surface area contributed by atoms with Crippen LogP contribution in [0.25, 0.3) is 0 Å². The van der Waals surface area contributed by atoms with Crippen LogP contribution in [0.5, 0.6) is 0 Å². The molecule has 4 heteroatoms. The van der Waals surface area contributed by atoms with E-state index in [-0.39, 0.29) is 6.04 Å². The fourth-order valence-corrected chi connectivity index (χ4v) is 2.63. The van der Waals surface area contributed by atoms with Crippen LogP contribution in [-0.2, 0) is 13.0 Å². The molecule has 0 radical (unpaired) electrons. The van der Waals surface area contributed by atoms with Crippen LogP contribution in [0.15, 0.2) is 41.3 Å². The molecule has 0 aromatic carbocycles. The van der Waals surface area contributed by atoms with Crippen molar-refractivity contribution in [1.29, 1.82) is 0 Å². The van der Waals surface area contributed by atoms with Gasteiger partial charge in [0, 0.05) is 42.1 Å². The molecule has 1 atom stereocenters. The van der Waals surface area contributed by atoms with Crippen molar-refractivity contribution >= 4 is 5.71 Å². The first-order valence-corrected chi connectivity index (χ1v) is 7.92. The first-order valence-electron chi connectivity index (χ1n) is 7.92. The van der Waals surface area contributed by atoms with Gasteiger partial charge in [-0.3, -0.25) is 9.98 Å². The van der Waals surface area contributed by atoms with Gasteiger partial charge in [0.25, 0.3) is 0 Å². The molecule has 1 unspecified atom stereocenters. The number of nitrogens with zero attached hydrogens (tertiary/aromatic N) is 2. The van der Waals surface area contributed by atoms with Gasteiger partial charge in [0.2, 0.25) is 0 Å². The number of pyridine rings is 1. The summed E-state index contributed by atoms with van der Waals surface area (Å²) in [7, 11) is 1.96. The van der Waals surface area contributed by atoms with E-state index in [0.29, 0.717) is 0 Å². The standard InChI is InChI=1S/C18H26N4/c1-5-6-17-13(2)9-15(11-22-17)10-20-12-16-14(3)21-8-7-18(16)19-4/h7-9,11-12,18-20H,5-6,10H2,1-4H3/b16-12-. The van der Waals surface area contributed by atoms with Gasteiger partial charge in [0.05, 0.1) is 6.04 Å². The predicted octanol–water partition coefficient (Wildman–Crippen LogP) is 2.89. The van der Waals surface area contributed by atoms with Gasteiger partial charge >= 0.3 is 0 Å². The van der Waals surface area contributed by atoms with Gasteiger partial charge < -0.3 is 10.6 Å². The van der Waals surface area contributed by atoms with Crippen LogP contribution < -0.4 is 10.6 Å². The largest absolute Gasteiger partial charge is 0.386 e. The molecule has 2 heterocycles. The third-order valence-corrected chi connectivity index (χ3v) is 3.90. The highest BCUT2D eigenvalue weighted by Gasteiger charge is 2.14. The topological polar surface area (TPSA) is 49.3 Å². The molecule has 1 aliphatic heterocycles. The Morgan fingerprint density at radius 2 is 2.14 bits per heavy atom.